The van der Waals surface area contributed by atoms with Crippen LogP contribution in [0.3, 0.4) is 0 Å². The van der Waals surface area contributed by atoms with E-state index in [0.29, 0.717) is 26.2 Å². The van der Waals surface area contributed by atoms with Crippen LogP contribution < -0.4 is 0 Å². The van der Waals surface area contributed by atoms with E-state index in [1.807, 2.05) is 28.7 Å². The summed E-state index contributed by atoms with van der Waals surface area (Å²) in [6, 6.07) is 5.42. The average Bonchev–Trinajstić information content (AvgIpc) is 2.58. The molecule has 0 aliphatic heterocycles. The minimum absolute atomic E-state index is 0.531. The zero-order valence-electron chi connectivity index (χ0n) is 7.38. The Balaban J connectivity index is 2.21. The second-order valence-electron chi connectivity index (χ2n) is 2.88. The molecule has 0 aliphatic rings. The fourth-order valence-corrected chi connectivity index (χ4v) is 1.82. The largest absolute Gasteiger partial charge is 0.338 e. The summed E-state index contributed by atoms with van der Waals surface area (Å²) >= 11 is 13.7. The number of aromatic nitrogens is 2. The lowest BCUT2D eigenvalue weighted by atomic mass is 10.1. The molecule has 2 aromatic rings. The summed E-state index contributed by atoms with van der Waals surface area (Å²) in [7, 11) is 0. The first-order valence-electron chi connectivity index (χ1n) is 4.07. The van der Waals surface area contributed by atoms with Crippen LogP contribution in [0, 0.1) is 3.83 Å². The van der Waals surface area contributed by atoms with Gasteiger partial charge in [0.05, 0.1) is 16.5 Å². The summed E-state index contributed by atoms with van der Waals surface area (Å²) in [5.41, 5.74) is 0.990. The third kappa shape index (κ3) is 2.83. The maximum absolute atomic E-state index is 5.89. The third-order valence-electron chi connectivity index (χ3n) is 1.78. The van der Waals surface area contributed by atoms with E-state index >= 15 is 0 Å². The van der Waals surface area contributed by atoms with Gasteiger partial charge >= 0.3 is 0 Å². The average molecular weight is 355 g/mol. The molecule has 3 nitrogen and oxygen atoms in total. The van der Waals surface area contributed by atoms with Crippen molar-refractivity contribution in [3.8, 4) is 0 Å². The Hall–Kier alpha value is -0.330. The summed E-state index contributed by atoms with van der Waals surface area (Å²) in [6.07, 6.45) is 0.562. The molecule has 2 rings (SSSR count). The van der Waals surface area contributed by atoms with Crippen molar-refractivity contribution in [2.24, 2.45) is 0 Å². The summed E-state index contributed by atoms with van der Waals surface area (Å²) in [5.74, 6) is 0.567. The number of nitrogens with zero attached hydrogens (tertiary/aromatic N) is 2. The second-order valence-corrected chi connectivity index (χ2v) is 4.66. The van der Waals surface area contributed by atoms with Gasteiger partial charge in [-0.15, -0.1) is 0 Å². The smallest absolute Gasteiger partial charge is 0.232 e. The van der Waals surface area contributed by atoms with Crippen molar-refractivity contribution >= 4 is 45.8 Å². The first-order chi connectivity index (χ1) is 7.15. The van der Waals surface area contributed by atoms with Crippen molar-refractivity contribution in [2.45, 2.75) is 6.42 Å². The van der Waals surface area contributed by atoms with Gasteiger partial charge in [0.25, 0.3) is 0 Å². The Labute approximate surface area is 110 Å². The molecule has 0 fully saturated rings. The van der Waals surface area contributed by atoms with E-state index < -0.39 is 0 Å². The normalized spacial score (nSPS) is 10.6. The van der Waals surface area contributed by atoms with E-state index in [9.17, 15) is 0 Å². The number of benzene rings is 1. The third-order valence-corrected chi connectivity index (χ3v) is 2.96. The lowest BCUT2D eigenvalue weighted by molar-refractivity contribution is 0.381. The van der Waals surface area contributed by atoms with Gasteiger partial charge in [0.15, 0.2) is 0 Å². The molecule has 0 saturated carbocycles. The Kier molecular flexibility index (Phi) is 3.48. The van der Waals surface area contributed by atoms with Crippen molar-refractivity contribution in [1.29, 1.82) is 0 Å². The van der Waals surface area contributed by atoms with Gasteiger partial charge in [0, 0.05) is 22.6 Å². The Morgan fingerprint density at radius 1 is 1.27 bits per heavy atom. The van der Waals surface area contributed by atoms with Crippen LogP contribution in [0.5, 0.6) is 0 Å². The van der Waals surface area contributed by atoms with Gasteiger partial charge in [-0.3, -0.25) is 0 Å². The fraction of sp³-hybridized carbons (Fsp3) is 0.111. The molecule has 0 saturated heterocycles. The summed E-state index contributed by atoms with van der Waals surface area (Å²) < 4.78 is 5.59. The van der Waals surface area contributed by atoms with Crippen LogP contribution in [0.15, 0.2) is 22.7 Å². The number of hydrogen-bond donors (Lipinski definition) is 0. The molecule has 78 valence electrons. The molecule has 0 unspecified atom stereocenters. The molecule has 0 aliphatic carbocycles. The SMILES string of the molecule is Clc1ccc(Cc2nc(I)no2)cc1Cl. The van der Waals surface area contributed by atoms with E-state index in [1.54, 1.807) is 12.1 Å². The van der Waals surface area contributed by atoms with Gasteiger partial charge in [-0.1, -0.05) is 34.4 Å². The van der Waals surface area contributed by atoms with E-state index in [0.717, 1.165) is 5.56 Å². The number of rotatable bonds is 2. The molecule has 0 bridgehead atoms. The number of hydrogen-bond acceptors (Lipinski definition) is 3. The first-order valence-corrected chi connectivity index (χ1v) is 5.90. The van der Waals surface area contributed by atoms with Crippen molar-refractivity contribution < 1.29 is 4.52 Å². The van der Waals surface area contributed by atoms with Crippen molar-refractivity contribution in [1.82, 2.24) is 10.1 Å². The van der Waals surface area contributed by atoms with Gasteiger partial charge in [-0.05, 0) is 17.7 Å². The maximum Gasteiger partial charge on any atom is 0.232 e. The van der Waals surface area contributed by atoms with E-state index in [1.165, 1.54) is 0 Å². The Morgan fingerprint density at radius 3 is 2.67 bits per heavy atom. The van der Waals surface area contributed by atoms with Crippen molar-refractivity contribution in [3.63, 3.8) is 0 Å². The van der Waals surface area contributed by atoms with E-state index in [-0.39, 0.29) is 0 Å². The second kappa shape index (κ2) is 4.67. The monoisotopic (exact) mass is 354 g/mol. The standard InChI is InChI=1S/C9H5Cl2IN2O/c10-6-2-1-5(3-7(6)11)4-8-13-9(12)14-15-8/h1-3H,4H2. The molecule has 1 heterocycles. The van der Waals surface area contributed by atoms with Crippen LogP contribution in [0.1, 0.15) is 11.5 Å². The Morgan fingerprint density at radius 2 is 2.07 bits per heavy atom. The highest BCUT2D eigenvalue weighted by atomic mass is 127. The molecule has 1 aromatic heterocycles. The van der Waals surface area contributed by atoms with Gasteiger partial charge in [0.1, 0.15) is 0 Å². The van der Waals surface area contributed by atoms with Crippen LogP contribution in [0.25, 0.3) is 0 Å². The summed E-state index contributed by atoms with van der Waals surface area (Å²) in [5, 5.41) is 4.77. The molecule has 6 heteroatoms. The maximum atomic E-state index is 5.89. The summed E-state index contributed by atoms with van der Waals surface area (Å²) in [6.45, 7) is 0. The molecule has 15 heavy (non-hydrogen) atoms. The van der Waals surface area contributed by atoms with Crippen LogP contribution in [-0.4, -0.2) is 10.1 Å². The van der Waals surface area contributed by atoms with Crippen molar-refractivity contribution in [3.05, 3.63) is 43.5 Å². The van der Waals surface area contributed by atoms with Crippen LogP contribution >= 0.6 is 45.8 Å². The molecular formula is C9H5Cl2IN2O. The van der Waals surface area contributed by atoms with Gasteiger partial charge in [-0.25, -0.2) is 0 Å². The minimum atomic E-state index is 0.531. The lowest BCUT2D eigenvalue weighted by Gasteiger charge is -1.99. The highest BCUT2D eigenvalue weighted by Gasteiger charge is 2.06. The predicted octanol–water partition coefficient (Wildman–Crippen LogP) is 3.57. The molecule has 0 spiro atoms. The molecule has 0 atom stereocenters. The lowest BCUT2D eigenvalue weighted by Crippen LogP contribution is -1.88. The quantitative estimate of drug-likeness (QED) is 0.774. The van der Waals surface area contributed by atoms with Crippen LogP contribution in [0.2, 0.25) is 10.0 Å². The molecule has 1 aromatic carbocycles. The van der Waals surface area contributed by atoms with Crippen LogP contribution in [0.4, 0.5) is 0 Å². The first kappa shape index (κ1) is 11.2. The molecule has 0 radical (unpaired) electrons. The minimum Gasteiger partial charge on any atom is -0.338 e. The predicted molar refractivity (Wildman–Crippen MR) is 66.3 cm³/mol. The van der Waals surface area contributed by atoms with E-state index in [2.05, 4.69) is 10.1 Å². The highest BCUT2D eigenvalue weighted by Crippen LogP contribution is 2.23. The zero-order valence-corrected chi connectivity index (χ0v) is 11.0. The van der Waals surface area contributed by atoms with Gasteiger partial charge < -0.3 is 4.52 Å². The molecule has 0 amide bonds. The van der Waals surface area contributed by atoms with Gasteiger partial charge in [-0.2, -0.15) is 4.98 Å². The molecule has 0 N–H and O–H groups in total. The van der Waals surface area contributed by atoms with Crippen LogP contribution in [-0.2, 0) is 6.42 Å². The topological polar surface area (TPSA) is 38.9 Å². The highest BCUT2D eigenvalue weighted by molar-refractivity contribution is 14.1. The Bertz CT molecular complexity index is 487. The summed E-state index contributed by atoms with van der Waals surface area (Å²) in [4.78, 5) is 4.09. The van der Waals surface area contributed by atoms with E-state index in [4.69, 9.17) is 27.7 Å². The van der Waals surface area contributed by atoms with Crippen molar-refractivity contribution in [2.75, 3.05) is 0 Å². The van der Waals surface area contributed by atoms with Gasteiger partial charge in [0.2, 0.25) is 9.72 Å². The number of halogens is 3. The molecular weight excluding hydrogens is 350 g/mol. The fourth-order valence-electron chi connectivity index (χ4n) is 1.13. The zero-order chi connectivity index (χ0) is 10.8.